The molecular weight excluding hydrogens is 136 g/mol. The standard InChI is InChI=1S/C10H14O/c1-2-6-10(11)9-7-4-3-5-8-9/h3-5,7-8,10-11H,2,6H2,1H3/i10D. The van der Waals surface area contributed by atoms with Gasteiger partial charge in [-0.3, -0.25) is 0 Å². The minimum atomic E-state index is -1.41. The third-order valence-electron chi connectivity index (χ3n) is 1.59. The van der Waals surface area contributed by atoms with Crippen molar-refractivity contribution in [3.8, 4) is 0 Å². The zero-order chi connectivity index (χ0) is 9.03. The van der Waals surface area contributed by atoms with E-state index in [4.69, 9.17) is 1.37 Å². The lowest BCUT2D eigenvalue weighted by Gasteiger charge is -2.07. The van der Waals surface area contributed by atoms with Gasteiger partial charge in [-0.15, -0.1) is 0 Å². The van der Waals surface area contributed by atoms with Crippen LogP contribution in [0.1, 0.15) is 32.8 Å². The maximum atomic E-state index is 9.65. The summed E-state index contributed by atoms with van der Waals surface area (Å²) in [5.41, 5.74) is 0.673. The van der Waals surface area contributed by atoms with Gasteiger partial charge in [-0.1, -0.05) is 43.7 Å². The highest BCUT2D eigenvalue weighted by atomic mass is 16.3. The topological polar surface area (TPSA) is 20.2 Å². The van der Waals surface area contributed by atoms with Gasteiger partial charge in [-0.05, 0) is 12.0 Å². The average molecular weight is 151 g/mol. The first-order valence-electron chi connectivity index (χ1n) is 4.44. The summed E-state index contributed by atoms with van der Waals surface area (Å²) in [6.45, 7) is 1.96. The number of hydrogen-bond acceptors (Lipinski definition) is 1. The minimum absolute atomic E-state index is 0.483. The van der Waals surface area contributed by atoms with Gasteiger partial charge >= 0.3 is 0 Å². The Bertz CT molecular complexity index is 231. The van der Waals surface area contributed by atoms with Crippen LogP contribution in [0.15, 0.2) is 30.3 Å². The molecule has 1 aromatic rings. The van der Waals surface area contributed by atoms with Crippen molar-refractivity contribution in [2.45, 2.75) is 25.8 Å². The molecule has 0 amide bonds. The quantitative estimate of drug-likeness (QED) is 0.703. The first-order chi connectivity index (χ1) is 5.67. The number of aliphatic hydroxyl groups is 1. The van der Waals surface area contributed by atoms with Gasteiger partial charge in [-0.2, -0.15) is 0 Å². The Morgan fingerprint density at radius 3 is 2.64 bits per heavy atom. The molecule has 0 aromatic heterocycles. The third-order valence-corrected chi connectivity index (χ3v) is 1.59. The van der Waals surface area contributed by atoms with Gasteiger partial charge in [0.1, 0.15) is 0 Å². The zero-order valence-corrected chi connectivity index (χ0v) is 6.75. The van der Waals surface area contributed by atoms with Crippen LogP contribution in [0.25, 0.3) is 0 Å². The predicted octanol–water partition coefficient (Wildman–Crippen LogP) is 2.52. The number of hydrogen-bond donors (Lipinski definition) is 1. The Balaban J connectivity index is 2.82. The molecule has 0 saturated carbocycles. The highest BCUT2D eigenvalue weighted by molar-refractivity contribution is 5.16. The van der Waals surface area contributed by atoms with E-state index in [-0.39, 0.29) is 0 Å². The Morgan fingerprint density at radius 2 is 2.09 bits per heavy atom. The molecule has 1 aromatic carbocycles. The van der Waals surface area contributed by atoms with E-state index in [0.717, 1.165) is 6.42 Å². The molecule has 0 spiro atoms. The molecule has 1 rings (SSSR count). The lowest BCUT2D eigenvalue weighted by atomic mass is 10.1. The smallest absolute Gasteiger partial charge is 0.0790 e. The molecule has 0 heterocycles. The predicted molar refractivity (Wildman–Crippen MR) is 46.3 cm³/mol. The van der Waals surface area contributed by atoms with Crippen molar-refractivity contribution < 1.29 is 6.48 Å². The first-order valence-corrected chi connectivity index (χ1v) is 3.94. The zero-order valence-electron chi connectivity index (χ0n) is 7.75. The van der Waals surface area contributed by atoms with Crippen LogP contribution in [0.4, 0.5) is 0 Å². The van der Waals surface area contributed by atoms with E-state index in [0.29, 0.717) is 12.0 Å². The maximum Gasteiger partial charge on any atom is 0.0790 e. The molecule has 1 heteroatoms. The summed E-state index contributed by atoms with van der Waals surface area (Å²) >= 11 is 0. The van der Waals surface area contributed by atoms with Gasteiger partial charge in [0.2, 0.25) is 0 Å². The molecule has 11 heavy (non-hydrogen) atoms. The lowest BCUT2D eigenvalue weighted by Crippen LogP contribution is -1.95. The second kappa shape index (κ2) is 4.14. The normalized spacial score (nSPS) is 17.1. The minimum Gasteiger partial charge on any atom is -0.388 e. The molecule has 1 unspecified atom stereocenters. The van der Waals surface area contributed by atoms with Crippen LogP contribution in [0, 0.1) is 0 Å². The van der Waals surface area contributed by atoms with Crippen molar-refractivity contribution in [1.82, 2.24) is 0 Å². The fraction of sp³-hybridized carbons (Fsp3) is 0.400. The van der Waals surface area contributed by atoms with Gasteiger partial charge in [0, 0.05) is 0 Å². The van der Waals surface area contributed by atoms with E-state index < -0.39 is 6.08 Å². The van der Waals surface area contributed by atoms with Crippen LogP contribution in [0.5, 0.6) is 0 Å². The fourth-order valence-electron chi connectivity index (χ4n) is 1.01. The summed E-state index contributed by atoms with van der Waals surface area (Å²) in [7, 11) is 0. The van der Waals surface area contributed by atoms with Crippen LogP contribution in [0.2, 0.25) is 0 Å². The van der Waals surface area contributed by atoms with Crippen molar-refractivity contribution >= 4 is 0 Å². The lowest BCUT2D eigenvalue weighted by molar-refractivity contribution is 0.166. The van der Waals surface area contributed by atoms with Gasteiger partial charge < -0.3 is 5.11 Å². The monoisotopic (exact) mass is 151 g/mol. The summed E-state index contributed by atoms with van der Waals surface area (Å²) in [4.78, 5) is 0. The van der Waals surface area contributed by atoms with Crippen LogP contribution < -0.4 is 0 Å². The van der Waals surface area contributed by atoms with Crippen LogP contribution in [-0.4, -0.2) is 5.11 Å². The van der Waals surface area contributed by atoms with Crippen LogP contribution in [0.3, 0.4) is 0 Å². The molecule has 0 aliphatic carbocycles. The molecule has 1 N–H and O–H groups in total. The van der Waals surface area contributed by atoms with Crippen molar-refractivity contribution in [3.05, 3.63) is 35.9 Å². The van der Waals surface area contributed by atoms with Crippen molar-refractivity contribution in [2.24, 2.45) is 0 Å². The van der Waals surface area contributed by atoms with Crippen LogP contribution in [-0.2, 0) is 0 Å². The summed E-state index contributed by atoms with van der Waals surface area (Å²) in [5.74, 6) is 0. The summed E-state index contributed by atoms with van der Waals surface area (Å²) in [6, 6.07) is 9.12. The Hall–Kier alpha value is -0.820. The van der Waals surface area contributed by atoms with E-state index in [1.54, 1.807) is 12.1 Å². The molecule has 1 atom stereocenters. The van der Waals surface area contributed by atoms with Crippen molar-refractivity contribution in [3.63, 3.8) is 0 Å². The van der Waals surface area contributed by atoms with E-state index >= 15 is 0 Å². The van der Waals surface area contributed by atoms with E-state index in [2.05, 4.69) is 0 Å². The van der Waals surface area contributed by atoms with Gasteiger partial charge in [0.15, 0.2) is 0 Å². The van der Waals surface area contributed by atoms with Crippen molar-refractivity contribution in [2.75, 3.05) is 0 Å². The van der Waals surface area contributed by atoms with Gasteiger partial charge in [0.05, 0.1) is 7.45 Å². The first kappa shape index (κ1) is 6.86. The molecule has 0 radical (unpaired) electrons. The van der Waals surface area contributed by atoms with E-state index in [1.807, 2.05) is 25.1 Å². The molecule has 0 aliphatic rings. The maximum absolute atomic E-state index is 9.65. The van der Waals surface area contributed by atoms with E-state index in [1.165, 1.54) is 0 Å². The Morgan fingerprint density at radius 1 is 1.45 bits per heavy atom. The van der Waals surface area contributed by atoms with Gasteiger partial charge in [0.25, 0.3) is 0 Å². The fourth-order valence-corrected chi connectivity index (χ4v) is 1.01. The number of benzene rings is 1. The van der Waals surface area contributed by atoms with Crippen LogP contribution >= 0.6 is 0 Å². The SMILES string of the molecule is [2H]C(O)(CCC)c1ccccc1. The molecule has 0 aliphatic heterocycles. The summed E-state index contributed by atoms with van der Waals surface area (Å²) in [6.07, 6.45) is -0.109. The number of rotatable bonds is 3. The second-order valence-corrected chi connectivity index (χ2v) is 2.56. The molecule has 0 fully saturated rings. The Labute approximate surface area is 69.1 Å². The molecule has 0 bridgehead atoms. The van der Waals surface area contributed by atoms with Gasteiger partial charge in [-0.25, -0.2) is 0 Å². The highest BCUT2D eigenvalue weighted by Crippen LogP contribution is 2.16. The Kier molecular flexibility index (Phi) is 2.58. The second-order valence-electron chi connectivity index (χ2n) is 2.56. The molecule has 0 saturated heterocycles. The molecule has 1 nitrogen and oxygen atoms in total. The van der Waals surface area contributed by atoms with E-state index in [9.17, 15) is 5.11 Å². The largest absolute Gasteiger partial charge is 0.388 e. The average Bonchev–Trinajstić information content (AvgIpc) is 2.06. The third kappa shape index (κ3) is 2.35. The summed E-state index contributed by atoms with van der Waals surface area (Å²) < 4.78 is 7.62. The highest BCUT2D eigenvalue weighted by Gasteiger charge is 2.03. The summed E-state index contributed by atoms with van der Waals surface area (Å²) in [5, 5.41) is 9.65. The molecular formula is C10H14O. The van der Waals surface area contributed by atoms with Crippen molar-refractivity contribution in [1.29, 1.82) is 0 Å². The molecule has 60 valence electrons.